The molecule has 13 heteroatoms. The summed E-state index contributed by atoms with van der Waals surface area (Å²) in [6.45, 7) is 5.05. The molecular weight excluding hydrogens is 590 g/mol. The number of hydrogen-bond donors (Lipinski definition) is 6. The highest BCUT2D eigenvalue weighted by molar-refractivity contribution is 5.96. The topological polar surface area (TPSA) is 206 Å². The number of nitrogens with zero attached hydrogens (tertiary/aromatic N) is 1. The molecule has 2 aromatic rings. The Kier molecular flexibility index (Phi) is 13.2. The van der Waals surface area contributed by atoms with Crippen molar-refractivity contribution < 1.29 is 28.8 Å². The Hall–Kier alpha value is -4.78. The first-order chi connectivity index (χ1) is 21.9. The van der Waals surface area contributed by atoms with E-state index in [9.17, 15) is 28.8 Å². The zero-order valence-electron chi connectivity index (χ0n) is 26.5. The smallest absolute Gasteiger partial charge is 0.245 e. The Morgan fingerprint density at radius 3 is 1.80 bits per heavy atom. The summed E-state index contributed by atoms with van der Waals surface area (Å²) >= 11 is 0. The number of nitrogens with two attached hydrogens (primary N) is 2. The molecule has 0 unspecified atom stereocenters. The van der Waals surface area contributed by atoms with Gasteiger partial charge in [0.15, 0.2) is 0 Å². The van der Waals surface area contributed by atoms with Gasteiger partial charge in [0.2, 0.25) is 35.4 Å². The third-order valence-corrected chi connectivity index (χ3v) is 7.87. The predicted molar refractivity (Wildman–Crippen MR) is 172 cm³/mol. The molecule has 8 N–H and O–H groups in total. The van der Waals surface area contributed by atoms with Crippen LogP contribution >= 0.6 is 0 Å². The molecule has 0 spiro atoms. The Labute approximate surface area is 269 Å². The van der Waals surface area contributed by atoms with E-state index in [1.54, 1.807) is 13.8 Å². The number of nitrogens with one attached hydrogen (secondary N) is 4. The van der Waals surface area contributed by atoms with E-state index in [2.05, 4.69) is 21.3 Å². The highest BCUT2D eigenvalue weighted by Gasteiger charge is 2.38. The standard InChI is InChI=1S/C33H45N7O6/c1-20(2)28(29(35)42)39-31(44)25(18-23-13-8-5-9-14-23)37-30(43)24(17-22-11-6-4-7-12-22)38-32(45)26-15-10-16-40(26)33(46)21(3)36-27(41)19-34/h4-9,11-14,20-21,24-26,28H,10,15-19,34H2,1-3H3,(H2,35,42)(H,36,41)(H,37,43)(H,38,45)(H,39,44)/t21-,24-,25-,26-,28-/m0/s1. The zero-order chi connectivity index (χ0) is 33.8. The molecule has 1 heterocycles. The van der Waals surface area contributed by atoms with Gasteiger partial charge in [-0.25, -0.2) is 0 Å². The summed E-state index contributed by atoms with van der Waals surface area (Å²) in [4.78, 5) is 79.4. The molecule has 0 aromatic heterocycles. The lowest BCUT2D eigenvalue weighted by Gasteiger charge is -2.29. The highest BCUT2D eigenvalue weighted by atomic mass is 16.2. The second-order valence-electron chi connectivity index (χ2n) is 11.8. The van der Waals surface area contributed by atoms with Gasteiger partial charge in [-0.15, -0.1) is 0 Å². The maximum absolute atomic E-state index is 13.9. The third kappa shape index (κ3) is 10.1. The van der Waals surface area contributed by atoms with E-state index in [0.717, 1.165) is 11.1 Å². The minimum absolute atomic E-state index is 0.109. The van der Waals surface area contributed by atoms with Crippen LogP contribution < -0.4 is 32.7 Å². The Morgan fingerprint density at radius 1 is 0.783 bits per heavy atom. The van der Waals surface area contributed by atoms with Crippen LogP contribution in [0.5, 0.6) is 0 Å². The maximum atomic E-state index is 13.9. The van der Waals surface area contributed by atoms with Crippen molar-refractivity contribution in [2.75, 3.05) is 13.1 Å². The number of carbonyl (C=O) groups excluding carboxylic acids is 6. The Bertz CT molecular complexity index is 1370. The molecular formula is C33H45N7O6. The van der Waals surface area contributed by atoms with E-state index in [0.29, 0.717) is 19.4 Å². The van der Waals surface area contributed by atoms with E-state index in [1.807, 2.05) is 60.7 Å². The molecule has 0 aliphatic carbocycles. The van der Waals surface area contributed by atoms with Gasteiger partial charge >= 0.3 is 0 Å². The fraction of sp³-hybridized carbons (Fsp3) is 0.455. The molecule has 1 aliphatic rings. The molecule has 0 bridgehead atoms. The van der Waals surface area contributed by atoms with Crippen LogP contribution in [0.25, 0.3) is 0 Å². The first kappa shape index (κ1) is 35.7. The molecule has 0 saturated carbocycles. The molecule has 2 aromatic carbocycles. The van der Waals surface area contributed by atoms with Gasteiger partial charge in [0.25, 0.3) is 0 Å². The molecule has 3 rings (SSSR count). The molecule has 0 radical (unpaired) electrons. The number of amides is 6. The molecule has 248 valence electrons. The van der Waals surface area contributed by atoms with Gasteiger partial charge in [0.1, 0.15) is 30.2 Å². The van der Waals surface area contributed by atoms with Crippen LogP contribution in [0.2, 0.25) is 0 Å². The first-order valence-electron chi connectivity index (χ1n) is 15.5. The van der Waals surface area contributed by atoms with Crippen LogP contribution in [0.3, 0.4) is 0 Å². The van der Waals surface area contributed by atoms with Gasteiger partial charge in [0.05, 0.1) is 6.54 Å². The van der Waals surface area contributed by atoms with Crippen LogP contribution in [-0.4, -0.2) is 83.6 Å². The largest absolute Gasteiger partial charge is 0.368 e. The second-order valence-corrected chi connectivity index (χ2v) is 11.8. The molecule has 46 heavy (non-hydrogen) atoms. The van der Waals surface area contributed by atoms with Gasteiger partial charge in [-0.1, -0.05) is 74.5 Å². The minimum Gasteiger partial charge on any atom is -0.368 e. The lowest BCUT2D eigenvalue weighted by molar-refractivity contribution is -0.141. The first-order valence-corrected chi connectivity index (χ1v) is 15.5. The SMILES string of the molecule is CC(C)[C@H](NC(=O)[C@H](Cc1ccccc1)NC(=O)[C@H](Cc1ccccc1)NC(=O)[C@@H]1CCCN1C(=O)[C@H](C)NC(=O)CN)C(N)=O. The van der Waals surface area contributed by atoms with Crippen LogP contribution in [0.1, 0.15) is 44.7 Å². The van der Waals surface area contributed by atoms with Crippen LogP contribution in [0.4, 0.5) is 0 Å². The van der Waals surface area contributed by atoms with Crippen molar-refractivity contribution in [3.05, 3.63) is 71.8 Å². The zero-order valence-corrected chi connectivity index (χ0v) is 26.5. The summed E-state index contributed by atoms with van der Waals surface area (Å²) in [6.07, 6.45) is 1.16. The van der Waals surface area contributed by atoms with E-state index >= 15 is 0 Å². The molecule has 6 amide bonds. The van der Waals surface area contributed by atoms with Gasteiger partial charge < -0.3 is 37.6 Å². The fourth-order valence-corrected chi connectivity index (χ4v) is 5.39. The normalized spacial score (nSPS) is 16.9. The lowest BCUT2D eigenvalue weighted by Crippen LogP contribution is -2.59. The van der Waals surface area contributed by atoms with Gasteiger partial charge in [-0.2, -0.15) is 0 Å². The third-order valence-electron chi connectivity index (χ3n) is 7.87. The van der Waals surface area contributed by atoms with E-state index in [-0.39, 0.29) is 25.3 Å². The summed E-state index contributed by atoms with van der Waals surface area (Å²) in [5, 5.41) is 10.8. The number of rotatable bonds is 15. The summed E-state index contributed by atoms with van der Waals surface area (Å²) in [5.74, 6) is -3.66. The number of benzene rings is 2. The van der Waals surface area contributed by atoms with Crippen LogP contribution in [0.15, 0.2) is 60.7 Å². The fourth-order valence-electron chi connectivity index (χ4n) is 5.39. The second kappa shape index (κ2) is 17.1. The van der Waals surface area contributed by atoms with Crippen LogP contribution in [-0.2, 0) is 41.6 Å². The minimum atomic E-state index is -1.11. The van der Waals surface area contributed by atoms with E-state index in [1.165, 1.54) is 11.8 Å². The monoisotopic (exact) mass is 635 g/mol. The van der Waals surface area contributed by atoms with Crippen LogP contribution in [0, 0.1) is 5.92 Å². The summed E-state index contributed by atoms with van der Waals surface area (Å²) in [5.41, 5.74) is 12.4. The summed E-state index contributed by atoms with van der Waals surface area (Å²) in [6, 6.07) is 13.2. The average molecular weight is 636 g/mol. The average Bonchev–Trinajstić information content (AvgIpc) is 3.53. The molecule has 5 atom stereocenters. The molecule has 1 fully saturated rings. The van der Waals surface area contributed by atoms with E-state index < -0.39 is 65.7 Å². The molecule has 13 nitrogen and oxygen atoms in total. The van der Waals surface area contributed by atoms with Gasteiger partial charge in [-0.3, -0.25) is 28.8 Å². The lowest BCUT2D eigenvalue weighted by atomic mass is 10.00. The van der Waals surface area contributed by atoms with Crippen molar-refractivity contribution in [3.63, 3.8) is 0 Å². The highest BCUT2D eigenvalue weighted by Crippen LogP contribution is 2.19. The molecule has 1 aliphatic heterocycles. The van der Waals surface area contributed by atoms with Crippen molar-refractivity contribution in [1.29, 1.82) is 0 Å². The predicted octanol–water partition coefficient (Wildman–Crippen LogP) is -0.478. The van der Waals surface area contributed by atoms with Crippen molar-refractivity contribution in [2.45, 2.75) is 76.7 Å². The van der Waals surface area contributed by atoms with E-state index in [4.69, 9.17) is 11.5 Å². The quantitative estimate of drug-likeness (QED) is 0.151. The summed E-state index contributed by atoms with van der Waals surface area (Å²) < 4.78 is 0. The van der Waals surface area contributed by atoms with Crippen molar-refractivity contribution in [3.8, 4) is 0 Å². The number of hydrogen-bond acceptors (Lipinski definition) is 7. The van der Waals surface area contributed by atoms with Crippen molar-refractivity contribution in [2.24, 2.45) is 17.4 Å². The van der Waals surface area contributed by atoms with Gasteiger partial charge in [0, 0.05) is 19.4 Å². The maximum Gasteiger partial charge on any atom is 0.245 e. The van der Waals surface area contributed by atoms with Crippen molar-refractivity contribution in [1.82, 2.24) is 26.2 Å². The Balaban J connectivity index is 1.84. The number of carbonyl (C=O) groups is 6. The number of likely N-dealkylation sites (tertiary alicyclic amines) is 1. The summed E-state index contributed by atoms with van der Waals surface area (Å²) in [7, 11) is 0. The number of primary amides is 1. The Morgan fingerprint density at radius 2 is 1.30 bits per heavy atom. The molecule has 1 saturated heterocycles. The van der Waals surface area contributed by atoms with Gasteiger partial charge in [-0.05, 0) is 36.8 Å². The van der Waals surface area contributed by atoms with Crippen molar-refractivity contribution >= 4 is 35.4 Å².